The van der Waals surface area contributed by atoms with Gasteiger partial charge < -0.3 is 10.6 Å². The fourth-order valence-corrected chi connectivity index (χ4v) is 2.71. The Balaban J connectivity index is 2.22. The number of aryl methyl sites for hydroxylation is 1. The van der Waals surface area contributed by atoms with E-state index in [2.05, 4.69) is 57.1 Å². The summed E-state index contributed by atoms with van der Waals surface area (Å²) in [6.45, 7) is 3.46. The zero-order valence-corrected chi connectivity index (χ0v) is 13.5. The van der Waals surface area contributed by atoms with Crippen LogP contribution in [0.15, 0.2) is 40.9 Å². The Bertz CT molecular complexity index is 584. The topological polar surface area (TPSA) is 42.1 Å². The Morgan fingerprint density at radius 1 is 1.25 bits per heavy atom. The van der Waals surface area contributed by atoms with Crippen LogP contribution in [-0.2, 0) is 13.0 Å². The van der Waals surface area contributed by atoms with Gasteiger partial charge in [0.15, 0.2) is 0 Å². The van der Waals surface area contributed by atoms with Crippen molar-refractivity contribution in [3.63, 3.8) is 0 Å². The molecule has 3 nitrogen and oxygen atoms in total. The van der Waals surface area contributed by atoms with E-state index in [1.165, 1.54) is 11.3 Å². The van der Waals surface area contributed by atoms with E-state index in [0.717, 1.165) is 28.8 Å². The third-order valence-corrected chi connectivity index (χ3v) is 3.70. The van der Waals surface area contributed by atoms with Gasteiger partial charge in [-0.15, -0.1) is 0 Å². The maximum atomic E-state index is 5.71. The van der Waals surface area contributed by atoms with Crippen molar-refractivity contribution in [1.82, 2.24) is 4.98 Å². The van der Waals surface area contributed by atoms with E-state index in [0.29, 0.717) is 6.54 Å². The highest BCUT2D eigenvalue weighted by atomic mass is 79.9. The van der Waals surface area contributed by atoms with Crippen LogP contribution in [-0.4, -0.2) is 18.6 Å². The van der Waals surface area contributed by atoms with Gasteiger partial charge >= 0.3 is 0 Å². The molecule has 0 bridgehead atoms. The van der Waals surface area contributed by atoms with Crippen molar-refractivity contribution in [2.24, 2.45) is 5.73 Å². The van der Waals surface area contributed by atoms with E-state index in [-0.39, 0.29) is 0 Å². The average molecular weight is 334 g/mol. The van der Waals surface area contributed by atoms with Crippen LogP contribution in [0.4, 0.5) is 5.69 Å². The summed E-state index contributed by atoms with van der Waals surface area (Å²) in [6, 6.07) is 12.5. The monoisotopic (exact) mass is 333 g/mol. The maximum Gasteiger partial charge on any atom is 0.0600 e. The first-order chi connectivity index (χ1) is 9.60. The molecule has 0 radical (unpaired) electrons. The second kappa shape index (κ2) is 6.86. The normalized spacial score (nSPS) is 10.6. The molecule has 1 aromatic heterocycles. The Hall–Kier alpha value is -1.39. The summed E-state index contributed by atoms with van der Waals surface area (Å²) in [5.41, 5.74) is 10.3. The molecule has 2 aromatic rings. The predicted octanol–water partition coefficient (Wildman–Crippen LogP) is 3.29. The van der Waals surface area contributed by atoms with Crippen LogP contribution in [0.1, 0.15) is 17.0 Å². The van der Waals surface area contributed by atoms with Gasteiger partial charge in [0.25, 0.3) is 0 Å². The number of nitrogens with zero attached hydrogens (tertiary/aromatic N) is 2. The third kappa shape index (κ3) is 3.81. The van der Waals surface area contributed by atoms with Crippen LogP contribution in [0.3, 0.4) is 0 Å². The molecule has 0 aliphatic carbocycles. The quantitative estimate of drug-likeness (QED) is 0.912. The molecule has 2 rings (SSSR count). The molecule has 0 aliphatic rings. The van der Waals surface area contributed by atoms with E-state index < -0.39 is 0 Å². The largest absolute Gasteiger partial charge is 0.368 e. The number of benzene rings is 1. The lowest BCUT2D eigenvalue weighted by atomic mass is 10.1. The van der Waals surface area contributed by atoms with Crippen LogP contribution in [0.5, 0.6) is 0 Å². The highest BCUT2D eigenvalue weighted by Gasteiger charge is 2.09. The summed E-state index contributed by atoms with van der Waals surface area (Å²) in [5, 5.41) is 0. The van der Waals surface area contributed by atoms with E-state index in [4.69, 9.17) is 5.73 Å². The Morgan fingerprint density at radius 3 is 2.75 bits per heavy atom. The number of anilines is 1. The minimum atomic E-state index is 0.653. The molecule has 0 unspecified atom stereocenters. The van der Waals surface area contributed by atoms with E-state index in [1.807, 2.05) is 19.1 Å². The molecule has 0 saturated carbocycles. The summed E-state index contributed by atoms with van der Waals surface area (Å²) in [4.78, 5) is 6.78. The van der Waals surface area contributed by atoms with Gasteiger partial charge in [-0.3, -0.25) is 4.98 Å². The second-order valence-corrected chi connectivity index (χ2v) is 5.85. The minimum Gasteiger partial charge on any atom is -0.368 e. The van der Waals surface area contributed by atoms with Gasteiger partial charge in [0.1, 0.15) is 0 Å². The van der Waals surface area contributed by atoms with Gasteiger partial charge in [0.05, 0.1) is 12.2 Å². The van der Waals surface area contributed by atoms with Crippen molar-refractivity contribution >= 4 is 21.6 Å². The lowest BCUT2D eigenvalue weighted by molar-refractivity contribution is 0.860. The molecular weight excluding hydrogens is 314 g/mol. The number of hydrogen-bond acceptors (Lipinski definition) is 3. The van der Waals surface area contributed by atoms with Crippen LogP contribution in [0.2, 0.25) is 0 Å². The second-order valence-electron chi connectivity index (χ2n) is 4.94. The number of aromatic nitrogens is 1. The molecule has 0 atom stereocenters. The first kappa shape index (κ1) is 15.0. The lowest BCUT2D eigenvalue weighted by Crippen LogP contribution is -2.19. The predicted molar refractivity (Wildman–Crippen MR) is 88.0 cm³/mol. The van der Waals surface area contributed by atoms with E-state index in [1.54, 1.807) is 0 Å². The summed E-state index contributed by atoms with van der Waals surface area (Å²) < 4.78 is 1.09. The van der Waals surface area contributed by atoms with Gasteiger partial charge in [-0.2, -0.15) is 0 Å². The van der Waals surface area contributed by atoms with Crippen LogP contribution < -0.4 is 10.6 Å². The number of hydrogen-bond donors (Lipinski definition) is 1. The van der Waals surface area contributed by atoms with Gasteiger partial charge in [-0.25, -0.2) is 0 Å². The van der Waals surface area contributed by atoms with Gasteiger partial charge in [0, 0.05) is 22.9 Å². The minimum absolute atomic E-state index is 0.653. The molecule has 1 heterocycles. The number of nitrogens with two attached hydrogens (primary N) is 1. The maximum absolute atomic E-state index is 5.71. The molecule has 0 fully saturated rings. The van der Waals surface area contributed by atoms with Crippen LogP contribution >= 0.6 is 15.9 Å². The lowest BCUT2D eigenvalue weighted by Gasteiger charge is -2.22. The molecule has 0 spiro atoms. The summed E-state index contributed by atoms with van der Waals surface area (Å²) in [5.74, 6) is 0. The Kier molecular flexibility index (Phi) is 5.15. The molecule has 2 N–H and O–H groups in total. The van der Waals surface area contributed by atoms with Gasteiger partial charge in [-0.1, -0.05) is 22.0 Å². The molecule has 0 saturated heterocycles. The average Bonchev–Trinajstić information content (AvgIpc) is 2.39. The summed E-state index contributed by atoms with van der Waals surface area (Å²) >= 11 is 3.52. The third-order valence-electron chi connectivity index (χ3n) is 3.21. The van der Waals surface area contributed by atoms with Gasteiger partial charge in [0.2, 0.25) is 0 Å². The van der Waals surface area contributed by atoms with Crippen molar-refractivity contribution < 1.29 is 0 Å². The fourth-order valence-electron chi connectivity index (χ4n) is 2.30. The van der Waals surface area contributed by atoms with Crippen LogP contribution in [0, 0.1) is 6.92 Å². The number of pyridine rings is 1. The standard InChI is InChI=1S/C16H20BrN3/c1-12-4-3-5-15(19-12)11-20(2)16-7-6-14(17)10-13(16)8-9-18/h3-7,10H,8-9,11,18H2,1-2H3. The highest BCUT2D eigenvalue weighted by molar-refractivity contribution is 9.10. The van der Waals surface area contributed by atoms with Crippen molar-refractivity contribution in [3.8, 4) is 0 Å². The van der Waals surface area contributed by atoms with Crippen molar-refractivity contribution in [3.05, 3.63) is 57.8 Å². The van der Waals surface area contributed by atoms with Crippen LogP contribution in [0.25, 0.3) is 0 Å². The number of halogens is 1. The van der Waals surface area contributed by atoms with E-state index >= 15 is 0 Å². The Morgan fingerprint density at radius 2 is 2.05 bits per heavy atom. The zero-order valence-electron chi connectivity index (χ0n) is 11.9. The molecule has 0 amide bonds. The highest BCUT2D eigenvalue weighted by Crippen LogP contribution is 2.25. The molecular formula is C16H20BrN3. The molecule has 20 heavy (non-hydrogen) atoms. The van der Waals surface area contributed by atoms with Crippen molar-refractivity contribution in [2.45, 2.75) is 19.9 Å². The Labute approximate surface area is 129 Å². The molecule has 1 aromatic carbocycles. The smallest absolute Gasteiger partial charge is 0.0600 e. The molecule has 106 valence electrons. The summed E-state index contributed by atoms with van der Waals surface area (Å²) in [6.07, 6.45) is 0.875. The van der Waals surface area contributed by atoms with Crippen molar-refractivity contribution in [2.75, 3.05) is 18.5 Å². The number of rotatable bonds is 5. The summed E-state index contributed by atoms with van der Waals surface area (Å²) in [7, 11) is 2.09. The fraction of sp³-hybridized carbons (Fsp3) is 0.312. The van der Waals surface area contributed by atoms with Crippen molar-refractivity contribution in [1.29, 1.82) is 0 Å². The first-order valence-corrected chi connectivity index (χ1v) is 7.51. The molecule has 4 heteroatoms. The molecule has 0 aliphatic heterocycles. The SMILES string of the molecule is Cc1cccc(CN(C)c2ccc(Br)cc2CCN)n1. The zero-order chi connectivity index (χ0) is 14.5. The van der Waals surface area contributed by atoms with E-state index in [9.17, 15) is 0 Å². The first-order valence-electron chi connectivity index (χ1n) is 6.72. The van der Waals surface area contributed by atoms with Gasteiger partial charge in [-0.05, 0) is 55.8 Å².